The van der Waals surface area contributed by atoms with Gasteiger partial charge >= 0.3 is 0 Å². The lowest BCUT2D eigenvalue weighted by atomic mass is 9.80. The average molecular weight is 848 g/mol. The fourth-order valence-electron chi connectivity index (χ4n) is 9.77. The van der Waals surface area contributed by atoms with E-state index in [9.17, 15) is 0 Å². The van der Waals surface area contributed by atoms with Gasteiger partial charge in [0.25, 0.3) is 6.33 Å². The molecule has 0 amide bonds. The Morgan fingerprint density at radius 1 is 0.508 bits per heavy atom. The highest BCUT2D eigenvalue weighted by molar-refractivity contribution is 6.19. The molecule has 3 heterocycles. The molecule has 7 aromatic carbocycles. The van der Waals surface area contributed by atoms with Crippen molar-refractivity contribution in [2.45, 2.75) is 78.6 Å². The van der Waals surface area contributed by atoms with Crippen molar-refractivity contribution in [2.75, 3.05) is 0 Å². The summed E-state index contributed by atoms with van der Waals surface area (Å²) in [6.07, 6.45) is 4.18. The van der Waals surface area contributed by atoms with E-state index in [-0.39, 0.29) is 16.2 Å². The molecule has 0 N–H and O–H groups in total. The van der Waals surface area contributed by atoms with Crippen LogP contribution in [0.2, 0.25) is 0 Å². The number of para-hydroxylation sites is 2. The van der Waals surface area contributed by atoms with E-state index in [4.69, 9.17) is 9.72 Å². The minimum Gasteiger partial charge on any atom is -0.457 e. The standard InChI is InChI=1S/C60H55N4O/c1-58(2,3)39-29-30-61-54(34-39)64-53-36-45(27-28-49(53)56-50-24-15-18-38-17-14-23-47(55(38)50)46-21-10-11-22-48(46)57(56)64)65-44-20-16-19-42(35-44)62-37-63(52-26-13-12-25-51(52)62)43-32-40(59(4,5)6)31-41(33-43)60(7,8)9/h10-37H,1-9H3/q+1. The van der Waals surface area contributed by atoms with Crippen molar-refractivity contribution in [3.8, 4) is 62.2 Å². The van der Waals surface area contributed by atoms with Gasteiger partial charge in [-0.05, 0) is 121 Å². The number of ether oxygens (including phenoxy) is 1. The van der Waals surface area contributed by atoms with E-state index in [0.29, 0.717) is 0 Å². The Balaban J connectivity index is 1.07. The summed E-state index contributed by atoms with van der Waals surface area (Å²) in [4.78, 5) is 5.11. The van der Waals surface area contributed by atoms with Crippen LogP contribution in [0.3, 0.4) is 0 Å². The first-order chi connectivity index (χ1) is 31.1. The number of benzene rings is 7. The number of fused-ring (bicyclic) bond motifs is 8. The van der Waals surface area contributed by atoms with E-state index in [0.717, 1.165) is 56.3 Å². The Kier molecular flexibility index (Phi) is 9.13. The highest BCUT2D eigenvalue weighted by Gasteiger charge is 2.30. The molecule has 5 nitrogen and oxygen atoms in total. The topological polar surface area (TPSA) is 35.9 Å². The fraction of sp³-hybridized carbons (Fsp3) is 0.200. The number of imidazole rings is 1. The number of rotatable bonds is 5. The van der Waals surface area contributed by atoms with Gasteiger partial charge in [-0.2, -0.15) is 9.13 Å². The van der Waals surface area contributed by atoms with Crippen molar-refractivity contribution in [2.24, 2.45) is 0 Å². The third kappa shape index (κ3) is 6.84. The molecule has 0 aliphatic heterocycles. The first-order valence-corrected chi connectivity index (χ1v) is 22.9. The van der Waals surface area contributed by atoms with Crippen molar-refractivity contribution in [3.05, 3.63) is 187 Å². The lowest BCUT2D eigenvalue weighted by Gasteiger charge is -2.25. The SMILES string of the molecule is CC(C)(C)c1cc(-[n+]2cn(-c3cccc(Oc4ccc5c6c(n(-c7cc(C(C)(C)C)ccn7)c5c4)-c4ccccc4-c4cccc5cccc-6c45)c3)c3ccccc32)cc(C(C)(C)C)c1. The Labute approximate surface area is 382 Å². The van der Waals surface area contributed by atoms with Crippen molar-refractivity contribution in [1.29, 1.82) is 0 Å². The quantitative estimate of drug-likeness (QED) is 0.162. The summed E-state index contributed by atoms with van der Waals surface area (Å²) in [7, 11) is 0. The third-order valence-electron chi connectivity index (χ3n) is 13.3. The van der Waals surface area contributed by atoms with Crippen LogP contribution in [-0.2, 0) is 16.2 Å². The molecule has 1 aliphatic rings. The second-order valence-electron chi connectivity index (χ2n) is 20.9. The predicted octanol–water partition coefficient (Wildman–Crippen LogP) is 15.4. The molecule has 0 radical (unpaired) electrons. The first-order valence-electron chi connectivity index (χ1n) is 22.9. The second kappa shape index (κ2) is 14.6. The van der Waals surface area contributed by atoms with Gasteiger partial charge in [0.1, 0.15) is 28.7 Å². The molecule has 1 aliphatic carbocycles. The second-order valence-corrected chi connectivity index (χ2v) is 20.9. The van der Waals surface area contributed by atoms with Crippen molar-refractivity contribution in [3.63, 3.8) is 0 Å². The molecule has 0 atom stereocenters. The molecule has 3 aromatic heterocycles. The monoisotopic (exact) mass is 847 g/mol. The summed E-state index contributed by atoms with van der Waals surface area (Å²) in [5.41, 5.74) is 16.5. The molecule has 0 unspecified atom stereocenters. The van der Waals surface area contributed by atoms with E-state index in [1.165, 1.54) is 55.3 Å². The van der Waals surface area contributed by atoms with E-state index >= 15 is 0 Å². The van der Waals surface area contributed by atoms with Gasteiger partial charge in [0, 0.05) is 34.8 Å². The van der Waals surface area contributed by atoms with Gasteiger partial charge in [0.2, 0.25) is 0 Å². The van der Waals surface area contributed by atoms with Gasteiger partial charge in [-0.1, -0.05) is 147 Å². The van der Waals surface area contributed by atoms with Gasteiger partial charge in [0.05, 0.1) is 11.2 Å². The minimum atomic E-state index is -0.0627. The lowest BCUT2D eigenvalue weighted by molar-refractivity contribution is -0.567. The molecule has 5 heteroatoms. The molecule has 10 aromatic rings. The summed E-state index contributed by atoms with van der Waals surface area (Å²) in [5.74, 6) is 2.39. The fourth-order valence-corrected chi connectivity index (χ4v) is 9.77. The zero-order valence-electron chi connectivity index (χ0n) is 38.9. The molecule has 320 valence electrons. The van der Waals surface area contributed by atoms with Crippen LogP contribution >= 0.6 is 0 Å². The maximum atomic E-state index is 6.91. The Morgan fingerprint density at radius 2 is 1.15 bits per heavy atom. The Hall–Kier alpha value is -7.24. The number of hydrogen-bond acceptors (Lipinski definition) is 2. The van der Waals surface area contributed by atoms with E-state index in [1.807, 2.05) is 12.3 Å². The molecular weight excluding hydrogens is 793 g/mol. The third-order valence-corrected chi connectivity index (χ3v) is 13.3. The maximum absolute atomic E-state index is 6.91. The van der Waals surface area contributed by atoms with Crippen molar-refractivity contribution >= 4 is 32.7 Å². The molecule has 0 bridgehead atoms. The molecule has 65 heavy (non-hydrogen) atoms. The van der Waals surface area contributed by atoms with Gasteiger partial charge < -0.3 is 4.74 Å². The first kappa shape index (κ1) is 40.5. The summed E-state index contributed by atoms with van der Waals surface area (Å²) in [6, 6.07) is 57.3. The van der Waals surface area contributed by atoms with Crippen LogP contribution in [0.1, 0.15) is 79.0 Å². The number of hydrogen-bond donors (Lipinski definition) is 0. The molecule has 0 saturated heterocycles. The van der Waals surface area contributed by atoms with E-state index in [1.54, 1.807) is 0 Å². The van der Waals surface area contributed by atoms with Crippen LogP contribution in [0.5, 0.6) is 11.5 Å². The van der Waals surface area contributed by atoms with Crippen molar-refractivity contribution < 1.29 is 9.30 Å². The summed E-state index contributed by atoms with van der Waals surface area (Å²) < 4.78 is 13.9. The van der Waals surface area contributed by atoms with Gasteiger partial charge in [-0.15, -0.1) is 0 Å². The zero-order valence-corrected chi connectivity index (χ0v) is 38.9. The summed E-state index contributed by atoms with van der Waals surface area (Å²) in [5, 5.41) is 3.64. The normalized spacial score (nSPS) is 12.7. The number of nitrogens with zero attached hydrogens (tertiary/aromatic N) is 4. The molecular formula is C60H55N4O+. The Bertz CT molecular complexity index is 3490. The van der Waals surface area contributed by atoms with Crippen LogP contribution in [0.15, 0.2) is 170 Å². The number of aromatic nitrogens is 4. The van der Waals surface area contributed by atoms with Crippen LogP contribution in [0.4, 0.5) is 0 Å². The minimum absolute atomic E-state index is 0.000804. The van der Waals surface area contributed by atoms with E-state index in [2.05, 4.69) is 234 Å². The largest absolute Gasteiger partial charge is 0.457 e. The van der Waals surface area contributed by atoms with Gasteiger partial charge in [-0.3, -0.25) is 4.57 Å². The molecule has 0 fully saturated rings. The zero-order chi connectivity index (χ0) is 45.0. The maximum Gasteiger partial charge on any atom is 0.255 e. The lowest BCUT2D eigenvalue weighted by Crippen LogP contribution is -2.31. The van der Waals surface area contributed by atoms with Crippen LogP contribution < -0.4 is 9.30 Å². The van der Waals surface area contributed by atoms with Crippen LogP contribution in [0, 0.1) is 0 Å². The molecule has 0 saturated carbocycles. The van der Waals surface area contributed by atoms with E-state index < -0.39 is 0 Å². The highest BCUT2D eigenvalue weighted by atomic mass is 16.5. The van der Waals surface area contributed by atoms with Gasteiger partial charge in [0.15, 0.2) is 11.0 Å². The Morgan fingerprint density at radius 3 is 1.89 bits per heavy atom. The van der Waals surface area contributed by atoms with Crippen LogP contribution in [-0.4, -0.2) is 14.1 Å². The highest BCUT2D eigenvalue weighted by Crippen LogP contribution is 2.52. The predicted molar refractivity (Wildman–Crippen MR) is 269 cm³/mol. The van der Waals surface area contributed by atoms with Crippen molar-refractivity contribution in [1.82, 2.24) is 14.1 Å². The average Bonchev–Trinajstić information content (AvgIpc) is 3.81. The number of pyridine rings is 1. The molecule has 11 rings (SSSR count). The summed E-state index contributed by atoms with van der Waals surface area (Å²) >= 11 is 0. The smallest absolute Gasteiger partial charge is 0.255 e. The van der Waals surface area contributed by atoms with Crippen LogP contribution in [0.25, 0.3) is 83.4 Å². The van der Waals surface area contributed by atoms with Gasteiger partial charge in [-0.25, -0.2) is 4.98 Å². The summed E-state index contributed by atoms with van der Waals surface area (Å²) in [6.45, 7) is 20.5. The molecule has 0 spiro atoms.